The molecule has 5 heteroatoms. The van der Waals surface area contributed by atoms with E-state index in [-0.39, 0.29) is 5.54 Å². The minimum Gasteiger partial charge on any atom is -0.370 e. The van der Waals surface area contributed by atoms with Crippen molar-refractivity contribution in [3.63, 3.8) is 0 Å². The first-order valence-corrected chi connectivity index (χ1v) is 6.55. The monoisotopic (exact) mass is 249 g/mol. The van der Waals surface area contributed by atoms with Crippen LogP contribution in [0.3, 0.4) is 0 Å². The zero-order valence-electron chi connectivity index (χ0n) is 11.8. The highest BCUT2D eigenvalue weighted by molar-refractivity contribution is 5.49. The van der Waals surface area contributed by atoms with Gasteiger partial charge in [0.1, 0.15) is 18.0 Å². The van der Waals surface area contributed by atoms with E-state index in [0.717, 1.165) is 37.8 Å². The summed E-state index contributed by atoms with van der Waals surface area (Å²) in [6.07, 6.45) is 1.64. The lowest BCUT2D eigenvalue weighted by Gasteiger charge is -2.45. The van der Waals surface area contributed by atoms with Crippen molar-refractivity contribution in [3.8, 4) is 0 Å². The fraction of sp³-hybridized carbons (Fsp3) is 0.692. The Morgan fingerprint density at radius 1 is 1.33 bits per heavy atom. The molecule has 100 valence electrons. The fourth-order valence-electron chi connectivity index (χ4n) is 2.23. The first kappa shape index (κ1) is 13.1. The van der Waals surface area contributed by atoms with E-state index in [2.05, 4.69) is 52.9 Å². The predicted octanol–water partition coefficient (Wildman–Crippen LogP) is 1.44. The van der Waals surface area contributed by atoms with Gasteiger partial charge in [-0.25, -0.2) is 9.97 Å². The van der Waals surface area contributed by atoms with Crippen LogP contribution in [0.2, 0.25) is 0 Å². The Labute approximate surface area is 109 Å². The van der Waals surface area contributed by atoms with Crippen LogP contribution in [0.5, 0.6) is 0 Å². The summed E-state index contributed by atoms with van der Waals surface area (Å²) in [7, 11) is 2.18. The number of rotatable bonds is 3. The Morgan fingerprint density at radius 2 is 2.11 bits per heavy atom. The summed E-state index contributed by atoms with van der Waals surface area (Å²) in [6.45, 7) is 10.6. The van der Waals surface area contributed by atoms with Crippen molar-refractivity contribution in [1.82, 2.24) is 14.9 Å². The maximum atomic E-state index is 4.39. The number of nitrogens with zero attached hydrogens (tertiary/aromatic N) is 4. The molecule has 1 fully saturated rings. The largest absolute Gasteiger partial charge is 0.370 e. The van der Waals surface area contributed by atoms with Crippen LogP contribution in [-0.4, -0.2) is 53.6 Å². The Hall–Kier alpha value is -1.36. The van der Waals surface area contributed by atoms with Gasteiger partial charge >= 0.3 is 0 Å². The highest BCUT2D eigenvalue weighted by atomic mass is 15.3. The van der Waals surface area contributed by atoms with Gasteiger partial charge in [-0.3, -0.25) is 4.90 Å². The first-order valence-electron chi connectivity index (χ1n) is 6.55. The number of piperazine rings is 1. The third-order valence-electron chi connectivity index (χ3n) is 3.65. The van der Waals surface area contributed by atoms with Crippen LogP contribution in [0.4, 0.5) is 11.6 Å². The van der Waals surface area contributed by atoms with E-state index in [1.54, 1.807) is 6.33 Å². The average molecular weight is 249 g/mol. The van der Waals surface area contributed by atoms with Crippen molar-refractivity contribution in [2.75, 3.05) is 43.4 Å². The molecule has 5 nitrogen and oxygen atoms in total. The highest BCUT2D eigenvalue weighted by Crippen LogP contribution is 2.23. The number of hydrogen-bond acceptors (Lipinski definition) is 5. The number of nitrogens with one attached hydrogen (secondary N) is 1. The summed E-state index contributed by atoms with van der Waals surface area (Å²) in [5, 5.41) is 3.23. The number of hydrogen-bond donors (Lipinski definition) is 1. The smallest absolute Gasteiger partial charge is 0.134 e. The van der Waals surface area contributed by atoms with Crippen molar-refractivity contribution in [2.45, 2.75) is 26.3 Å². The third-order valence-corrected chi connectivity index (χ3v) is 3.65. The molecule has 2 heterocycles. The Kier molecular flexibility index (Phi) is 3.71. The summed E-state index contributed by atoms with van der Waals surface area (Å²) < 4.78 is 0. The number of aromatic nitrogens is 2. The van der Waals surface area contributed by atoms with Gasteiger partial charge in [0, 0.05) is 37.8 Å². The highest BCUT2D eigenvalue weighted by Gasteiger charge is 2.31. The molecule has 0 aromatic carbocycles. The van der Waals surface area contributed by atoms with E-state index >= 15 is 0 Å². The summed E-state index contributed by atoms with van der Waals surface area (Å²) in [4.78, 5) is 13.3. The molecule has 2 rings (SSSR count). The second-order valence-corrected chi connectivity index (χ2v) is 5.45. The lowest BCUT2D eigenvalue weighted by molar-refractivity contribution is 0.138. The standard InChI is InChI=1S/C13H23N5/c1-5-14-11-8-12(16-10-15-11)18-7-6-17(4)13(2,3)9-18/h8,10H,5-7,9H2,1-4H3,(H,14,15,16). The van der Waals surface area contributed by atoms with Crippen molar-refractivity contribution in [1.29, 1.82) is 0 Å². The lowest BCUT2D eigenvalue weighted by atomic mass is 10.00. The molecule has 1 N–H and O–H groups in total. The van der Waals surface area contributed by atoms with Gasteiger partial charge in [-0.2, -0.15) is 0 Å². The van der Waals surface area contributed by atoms with E-state index in [1.807, 2.05) is 6.07 Å². The second kappa shape index (κ2) is 5.10. The molecule has 0 atom stereocenters. The molecule has 1 aromatic heterocycles. The lowest BCUT2D eigenvalue weighted by Crippen LogP contribution is -2.57. The summed E-state index contributed by atoms with van der Waals surface area (Å²) >= 11 is 0. The van der Waals surface area contributed by atoms with Gasteiger partial charge in [-0.05, 0) is 27.8 Å². The third kappa shape index (κ3) is 2.72. The van der Waals surface area contributed by atoms with Crippen molar-refractivity contribution < 1.29 is 0 Å². The zero-order chi connectivity index (χ0) is 13.2. The maximum absolute atomic E-state index is 4.39. The molecule has 0 bridgehead atoms. The molecule has 18 heavy (non-hydrogen) atoms. The van der Waals surface area contributed by atoms with Crippen LogP contribution in [0.1, 0.15) is 20.8 Å². The Morgan fingerprint density at radius 3 is 2.78 bits per heavy atom. The molecule has 1 saturated heterocycles. The van der Waals surface area contributed by atoms with Crippen molar-refractivity contribution >= 4 is 11.6 Å². The van der Waals surface area contributed by atoms with Gasteiger partial charge in [0.05, 0.1) is 0 Å². The summed E-state index contributed by atoms with van der Waals surface area (Å²) in [6, 6.07) is 2.03. The first-order chi connectivity index (χ1) is 8.53. The average Bonchev–Trinajstić information content (AvgIpc) is 2.33. The van der Waals surface area contributed by atoms with Crippen LogP contribution in [0.25, 0.3) is 0 Å². The van der Waals surface area contributed by atoms with Crippen LogP contribution in [0, 0.1) is 0 Å². The normalized spacial score (nSPS) is 19.9. The molecule has 1 aliphatic heterocycles. The quantitative estimate of drug-likeness (QED) is 0.878. The molecule has 0 spiro atoms. The molecule has 0 unspecified atom stereocenters. The van der Waals surface area contributed by atoms with Crippen LogP contribution < -0.4 is 10.2 Å². The summed E-state index contributed by atoms with van der Waals surface area (Å²) in [5.41, 5.74) is 0.182. The van der Waals surface area contributed by atoms with E-state index in [9.17, 15) is 0 Å². The minimum atomic E-state index is 0.182. The van der Waals surface area contributed by atoms with Gasteiger partial charge in [-0.15, -0.1) is 0 Å². The molecular weight excluding hydrogens is 226 g/mol. The fourth-order valence-corrected chi connectivity index (χ4v) is 2.23. The predicted molar refractivity (Wildman–Crippen MR) is 75.1 cm³/mol. The topological polar surface area (TPSA) is 44.3 Å². The Bertz CT molecular complexity index is 404. The number of anilines is 2. The van der Waals surface area contributed by atoms with Crippen LogP contribution in [-0.2, 0) is 0 Å². The van der Waals surface area contributed by atoms with E-state index < -0.39 is 0 Å². The molecular formula is C13H23N5. The Balaban J connectivity index is 2.14. The van der Waals surface area contributed by atoms with Crippen molar-refractivity contribution in [3.05, 3.63) is 12.4 Å². The van der Waals surface area contributed by atoms with Gasteiger partial charge in [0.2, 0.25) is 0 Å². The SMILES string of the molecule is CCNc1cc(N2CCN(C)C(C)(C)C2)ncn1. The van der Waals surface area contributed by atoms with Gasteiger partial charge < -0.3 is 10.2 Å². The van der Waals surface area contributed by atoms with Gasteiger partial charge in [0.25, 0.3) is 0 Å². The van der Waals surface area contributed by atoms with Crippen molar-refractivity contribution in [2.24, 2.45) is 0 Å². The number of likely N-dealkylation sites (N-methyl/N-ethyl adjacent to an activating group) is 1. The van der Waals surface area contributed by atoms with Gasteiger partial charge in [-0.1, -0.05) is 0 Å². The minimum absolute atomic E-state index is 0.182. The second-order valence-electron chi connectivity index (χ2n) is 5.45. The maximum Gasteiger partial charge on any atom is 0.134 e. The van der Waals surface area contributed by atoms with E-state index in [1.165, 1.54) is 0 Å². The molecule has 0 radical (unpaired) electrons. The van der Waals surface area contributed by atoms with Crippen LogP contribution >= 0.6 is 0 Å². The van der Waals surface area contributed by atoms with Crippen LogP contribution in [0.15, 0.2) is 12.4 Å². The van der Waals surface area contributed by atoms with E-state index in [4.69, 9.17) is 0 Å². The zero-order valence-corrected chi connectivity index (χ0v) is 11.8. The summed E-state index contributed by atoms with van der Waals surface area (Å²) in [5.74, 6) is 1.92. The molecule has 1 aliphatic rings. The molecule has 0 amide bonds. The molecule has 0 aliphatic carbocycles. The van der Waals surface area contributed by atoms with Gasteiger partial charge in [0.15, 0.2) is 0 Å². The molecule has 0 saturated carbocycles. The van der Waals surface area contributed by atoms with E-state index in [0.29, 0.717) is 0 Å². The molecule has 1 aromatic rings.